The highest BCUT2D eigenvalue weighted by molar-refractivity contribution is 8.18. The predicted octanol–water partition coefficient (Wildman–Crippen LogP) is 3.83. The van der Waals surface area contributed by atoms with Crippen molar-refractivity contribution >= 4 is 51.9 Å². The molecule has 7 nitrogen and oxygen atoms in total. The number of rotatable bonds is 6. The van der Waals surface area contributed by atoms with E-state index in [9.17, 15) is 19.2 Å². The Bertz CT molecular complexity index is 1040. The summed E-state index contributed by atoms with van der Waals surface area (Å²) < 4.78 is 5.65. The average molecular weight is 441 g/mol. The fraction of sp³-hybridized carbons (Fsp3) is 0.143. The van der Waals surface area contributed by atoms with Gasteiger partial charge in [-0.05, 0) is 52.9 Å². The summed E-state index contributed by atoms with van der Waals surface area (Å²) >= 11 is 1.87. The van der Waals surface area contributed by atoms with Crippen molar-refractivity contribution in [3.8, 4) is 5.75 Å². The molecule has 1 atom stereocenters. The van der Waals surface area contributed by atoms with E-state index in [2.05, 4.69) is 5.32 Å². The first-order valence-corrected chi connectivity index (χ1v) is 10.8. The van der Waals surface area contributed by atoms with Gasteiger partial charge in [-0.2, -0.15) is 0 Å². The van der Waals surface area contributed by atoms with Gasteiger partial charge in [-0.1, -0.05) is 42.5 Å². The van der Waals surface area contributed by atoms with Crippen LogP contribution in [-0.2, 0) is 9.59 Å². The van der Waals surface area contributed by atoms with Crippen molar-refractivity contribution in [2.24, 2.45) is 0 Å². The third-order valence-corrected chi connectivity index (χ3v) is 6.38. The lowest BCUT2D eigenvalue weighted by Gasteiger charge is -2.14. The zero-order valence-corrected chi connectivity index (χ0v) is 17.2. The molecule has 2 heterocycles. The molecule has 2 aromatic rings. The molecule has 30 heavy (non-hydrogen) atoms. The van der Waals surface area contributed by atoms with Gasteiger partial charge in [0.2, 0.25) is 5.91 Å². The minimum absolute atomic E-state index is 0.165. The minimum atomic E-state index is -0.511. The molecule has 4 rings (SSSR count). The van der Waals surface area contributed by atoms with Crippen LogP contribution in [0.3, 0.4) is 0 Å². The van der Waals surface area contributed by atoms with Crippen LogP contribution in [0.1, 0.15) is 16.4 Å². The van der Waals surface area contributed by atoms with Crippen molar-refractivity contribution in [1.82, 2.24) is 10.2 Å². The van der Waals surface area contributed by atoms with Gasteiger partial charge in [-0.15, -0.1) is 0 Å². The molecule has 0 bridgehead atoms. The molecule has 2 saturated heterocycles. The van der Waals surface area contributed by atoms with Gasteiger partial charge in [-0.25, -0.2) is 0 Å². The molecule has 1 N–H and O–H groups in total. The van der Waals surface area contributed by atoms with Crippen LogP contribution in [0, 0.1) is 0 Å². The molecule has 4 amide bonds. The van der Waals surface area contributed by atoms with Crippen LogP contribution >= 0.6 is 23.5 Å². The topological polar surface area (TPSA) is 92.8 Å². The summed E-state index contributed by atoms with van der Waals surface area (Å²) in [7, 11) is 0. The lowest BCUT2D eigenvalue weighted by atomic mass is 10.1. The Balaban J connectivity index is 1.32. The number of amides is 4. The van der Waals surface area contributed by atoms with Gasteiger partial charge in [0.15, 0.2) is 0 Å². The minimum Gasteiger partial charge on any atom is -0.492 e. The van der Waals surface area contributed by atoms with Gasteiger partial charge in [0.25, 0.3) is 16.4 Å². The van der Waals surface area contributed by atoms with E-state index in [1.807, 2.05) is 30.3 Å². The molecule has 9 heteroatoms. The molecule has 152 valence electrons. The number of nitrogens with zero attached hydrogens (tertiary/aromatic N) is 1. The van der Waals surface area contributed by atoms with Gasteiger partial charge < -0.3 is 4.74 Å². The third-order valence-electron chi connectivity index (χ3n) is 4.44. The first kappa shape index (κ1) is 20.2. The highest BCUT2D eigenvalue weighted by Gasteiger charge is 2.40. The van der Waals surface area contributed by atoms with Crippen molar-refractivity contribution in [1.29, 1.82) is 0 Å². The van der Waals surface area contributed by atoms with Gasteiger partial charge in [0.1, 0.15) is 17.6 Å². The van der Waals surface area contributed by atoms with Crippen LogP contribution < -0.4 is 10.1 Å². The van der Waals surface area contributed by atoms with E-state index < -0.39 is 11.2 Å². The van der Waals surface area contributed by atoms with E-state index in [0.717, 1.165) is 34.7 Å². The van der Waals surface area contributed by atoms with Crippen molar-refractivity contribution in [2.45, 2.75) is 5.25 Å². The second-order valence-electron chi connectivity index (χ2n) is 6.43. The summed E-state index contributed by atoms with van der Waals surface area (Å²) in [5.41, 5.74) is 1.56. The maximum Gasteiger partial charge on any atom is 0.290 e. The first-order chi connectivity index (χ1) is 14.5. The fourth-order valence-electron chi connectivity index (χ4n) is 2.97. The molecular formula is C21H16N2O5S2. The Labute approximate surface area is 180 Å². The summed E-state index contributed by atoms with van der Waals surface area (Å²) in [6, 6.07) is 16.2. The number of hydrogen-bond acceptors (Lipinski definition) is 7. The van der Waals surface area contributed by atoms with E-state index in [1.165, 1.54) is 4.90 Å². The van der Waals surface area contributed by atoms with Crippen molar-refractivity contribution < 1.29 is 23.9 Å². The molecule has 0 saturated carbocycles. The van der Waals surface area contributed by atoms with E-state index in [0.29, 0.717) is 10.7 Å². The molecule has 1 unspecified atom stereocenters. The standard InChI is InChI=1S/C21H16N2O5S2/c24-18-16(29-20(26)22-18)12-13-6-8-15(9-7-13)28-11-10-23-19(25)17(30-21(23)27)14-4-2-1-3-5-14/h1-9,12,17H,10-11H2,(H,22,24,26). The van der Waals surface area contributed by atoms with Crippen LogP contribution in [0.25, 0.3) is 6.08 Å². The number of carbonyl (C=O) groups is 4. The Morgan fingerprint density at radius 3 is 2.40 bits per heavy atom. The maximum absolute atomic E-state index is 12.6. The summed E-state index contributed by atoms with van der Waals surface area (Å²) in [6.07, 6.45) is 1.62. The van der Waals surface area contributed by atoms with Crippen LogP contribution in [0.15, 0.2) is 59.5 Å². The zero-order chi connectivity index (χ0) is 21.1. The molecule has 2 fully saturated rings. The normalized spacial score (nSPS) is 20.2. The fourth-order valence-corrected chi connectivity index (χ4v) is 4.69. The Hall–Kier alpha value is -3.04. The quantitative estimate of drug-likeness (QED) is 0.683. The Morgan fingerprint density at radius 1 is 1.00 bits per heavy atom. The largest absolute Gasteiger partial charge is 0.492 e. The second kappa shape index (κ2) is 8.76. The van der Waals surface area contributed by atoms with E-state index in [4.69, 9.17) is 4.74 Å². The number of carbonyl (C=O) groups excluding carboxylic acids is 4. The highest BCUT2D eigenvalue weighted by atomic mass is 32.2. The molecule has 0 radical (unpaired) electrons. The van der Waals surface area contributed by atoms with Crippen LogP contribution in [0.4, 0.5) is 9.59 Å². The molecule has 0 spiro atoms. The second-order valence-corrected chi connectivity index (χ2v) is 8.51. The molecule has 0 aliphatic carbocycles. The number of ether oxygens (including phenoxy) is 1. The lowest BCUT2D eigenvalue weighted by Crippen LogP contribution is -2.33. The number of thioether (sulfide) groups is 2. The first-order valence-electron chi connectivity index (χ1n) is 9.06. The van der Waals surface area contributed by atoms with Gasteiger partial charge in [0, 0.05) is 0 Å². The highest BCUT2D eigenvalue weighted by Crippen LogP contribution is 2.38. The summed E-state index contributed by atoms with van der Waals surface area (Å²) in [5.74, 6) is -0.0660. The van der Waals surface area contributed by atoms with Crippen molar-refractivity contribution in [3.63, 3.8) is 0 Å². The third kappa shape index (κ3) is 4.42. The molecule has 2 aromatic carbocycles. The van der Waals surface area contributed by atoms with E-state index in [-0.39, 0.29) is 29.5 Å². The zero-order valence-electron chi connectivity index (χ0n) is 15.6. The van der Waals surface area contributed by atoms with Crippen LogP contribution in [-0.4, -0.2) is 40.3 Å². The maximum atomic E-state index is 12.6. The number of benzene rings is 2. The van der Waals surface area contributed by atoms with E-state index >= 15 is 0 Å². The van der Waals surface area contributed by atoms with Crippen LogP contribution in [0.2, 0.25) is 0 Å². The van der Waals surface area contributed by atoms with Crippen molar-refractivity contribution in [2.75, 3.05) is 13.2 Å². The Kier molecular flexibility index (Phi) is 5.91. The van der Waals surface area contributed by atoms with E-state index in [1.54, 1.807) is 30.3 Å². The molecular weight excluding hydrogens is 424 g/mol. The Morgan fingerprint density at radius 2 is 1.73 bits per heavy atom. The number of nitrogens with one attached hydrogen (secondary N) is 1. The average Bonchev–Trinajstić information content (AvgIpc) is 3.21. The van der Waals surface area contributed by atoms with Crippen molar-refractivity contribution in [3.05, 3.63) is 70.6 Å². The molecule has 2 aliphatic heterocycles. The lowest BCUT2D eigenvalue weighted by molar-refractivity contribution is -0.127. The van der Waals surface area contributed by atoms with Gasteiger partial charge in [-0.3, -0.25) is 29.4 Å². The number of hydrogen-bond donors (Lipinski definition) is 1. The summed E-state index contributed by atoms with van der Waals surface area (Å²) in [4.78, 5) is 49.1. The SMILES string of the molecule is O=C1NC(=O)C(=Cc2ccc(OCCN3C(=O)SC(c4ccccc4)C3=O)cc2)S1. The van der Waals surface area contributed by atoms with Crippen LogP contribution in [0.5, 0.6) is 5.75 Å². The molecule has 0 aromatic heterocycles. The van der Waals surface area contributed by atoms with Gasteiger partial charge >= 0.3 is 0 Å². The smallest absolute Gasteiger partial charge is 0.290 e. The number of imide groups is 2. The summed E-state index contributed by atoms with van der Waals surface area (Å²) in [5, 5.41) is 1.03. The predicted molar refractivity (Wildman–Crippen MR) is 115 cm³/mol. The molecule has 2 aliphatic rings. The summed E-state index contributed by atoms with van der Waals surface area (Å²) in [6.45, 7) is 0.339. The monoisotopic (exact) mass is 440 g/mol. The van der Waals surface area contributed by atoms with Gasteiger partial charge in [0.05, 0.1) is 11.4 Å².